The van der Waals surface area contributed by atoms with Gasteiger partial charge in [0.25, 0.3) is 10.0 Å². The summed E-state index contributed by atoms with van der Waals surface area (Å²) >= 11 is 0. The van der Waals surface area contributed by atoms with E-state index in [9.17, 15) is 21.2 Å². The van der Waals surface area contributed by atoms with Gasteiger partial charge >= 0.3 is 0 Å². The molecule has 1 saturated carbocycles. The van der Waals surface area contributed by atoms with Crippen LogP contribution < -0.4 is 9.03 Å². The van der Waals surface area contributed by atoms with Gasteiger partial charge in [0.2, 0.25) is 10.0 Å². The molecule has 0 saturated heterocycles. The van der Waals surface area contributed by atoms with E-state index in [0.717, 1.165) is 28.3 Å². The third kappa shape index (κ3) is 3.99. The van der Waals surface area contributed by atoms with Crippen LogP contribution in [0.4, 0.5) is 15.8 Å². The van der Waals surface area contributed by atoms with Gasteiger partial charge in [-0.1, -0.05) is 12.1 Å². The second kappa shape index (κ2) is 6.55. The first-order valence-electron chi connectivity index (χ1n) is 7.96. The molecule has 0 radical (unpaired) electrons. The lowest BCUT2D eigenvalue weighted by molar-refractivity contribution is 0.594. The molecule has 0 unspecified atom stereocenters. The monoisotopic (exact) mass is 398 g/mol. The van der Waals surface area contributed by atoms with Crippen molar-refractivity contribution in [2.24, 2.45) is 0 Å². The number of halogens is 1. The SMILES string of the molecule is Cc1cccc(S(=O)(=O)Nc2cc(F)ccc2N(C2CC2)S(C)(=O)=O)c1. The Kier molecular flexibility index (Phi) is 4.70. The average Bonchev–Trinajstić information content (AvgIpc) is 3.33. The Bertz CT molecular complexity index is 1050. The smallest absolute Gasteiger partial charge is 0.261 e. The van der Waals surface area contributed by atoms with Crippen molar-refractivity contribution in [3.8, 4) is 0 Å². The highest BCUT2D eigenvalue weighted by atomic mass is 32.2. The lowest BCUT2D eigenvalue weighted by Gasteiger charge is -2.25. The second-order valence-corrected chi connectivity index (χ2v) is 9.92. The first-order chi connectivity index (χ1) is 12.1. The summed E-state index contributed by atoms with van der Waals surface area (Å²) in [5, 5.41) is 0. The maximum Gasteiger partial charge on any atom is 0.261 e. The number of nitrogens with one attached hydrogen (secondary N) is 1. The Hall–Kier alpha value is -2.13. The van der Waals surface area contributed by atoms with E-state index in [1.807, 2.05) is 0 Å². The molecule has 1 aliphatic carbocycles. The number of benzene rings is 2. The molecule has 1 aliphatic rings. The quantitative estimate of drug-likeness (QED) is 0.811. The van der Waals surface area contributed by atoms with E-state index >= 15 is 0 Å². The third-order valence-electron chi connectivity index (χ3n) is 3.98. The molecule has 0 bridgehead atoms. The molecular weight excluding hydrogens is 379 g/mol. The van der Waals surface area contributed by atoms with Gasteiger partial charge in [-0.2, -0.15) is 0 Å². The number of hydrogen-bond acceptors (Lipinski definition) is 4. The van der Waals surface area contributed by atoms with Crippen molar-refractivity contribution in [2.45, 2.75) is 30.7 Å². The van der Waals surface area contributed by atoms with Crippen LogP contribution in [-0.2, 0) is 20.0 Å². The number of rotatable bonds is 6. The Morgan fingerprint density at radius 3 is 2.35 bits per heavy atom. The normalized spacial score (nSPS) is 14.9. The molecular formula is C17H19FN2O4S2. The van der Waals surface area contributed by atoms with Crippen LogP contribution >= 0.6 is 0 Å². The Labute approximate surface area is 152 Å². The van der Waals surface area contributed by atoms with E-state index < -0.39 is 25.9 Å². The van der Waals surface area contributed by atoms with Gasteiger partial charge in [-0.25, -0.2) is 21.2 Å². The minimum Gasteiger partial charge on any atom is -0.277 e. The Morgan fingerprint density at radius 2 is 1.77 bits per heavy atom. The minimum atomic E-state index is -4.00. The van der Waals surface area contributed by atoms with E-state index in [4.69, 9.17) is 0 Å². The summed E-state index contributed by atoms with van der Waals surface area (Å²) in [5.74, 6) is -0.667. The van der Waals surface area contributed by atoms with Gasteiger partial charge in [-0.15, -0.1) is 0 Å². The minimum absolute atomic E-state index is 0.0186. The lowest BCUT2D eigenvalue weighted by Crippen LogP contribution is -2.33. The fourth-order valence-corrected chi connectivity index (χ4v) is 5.16. The highest BCUT2D eigenvalue weighted by molar-refractivity contribution is 7.93. The van der Waals surface area contributed by atoms with Crippen LogP contribution in [0.25, 0.3) is 0 Å². The van der Waals surface area contributed by atoms with Gasteiger partial charge in [-0.3, -0.25) is 9.03 Å². The van der Waals surface area contributed by atoms with Crippen molar-refractivity contribution >= 4 is 31.4 Å². The van der Waals surface area contributed by atoms with Crippen molar-refractivity contribution in [1.82, 2.24) is 0 Å². The van der Waals surface area contributed by atoms with Crippen LogP contribution in [0.15, 0.2) is 47.4 Å². The molecule has 0 heterocycles. The van der Waals surface area contributed by atoms with Crippen molar-refractivity contribution < 1.29 is 21.2 Å². The lowest BCUT2D eigenvalue weighted by atomic mass is 10.2. The van der Waals surface area contributed by atoms with E-state index in [0.29, 0.717) is 12.8 Å². The molecule has 9 heteroatoms. The van der Waals surface area contributed by atoms with Gasteiger partial charge < -0.3 is 0 Å². The number of nitrogens with zero attached hydrogens (tertiary/aromatic N) is 1. The molecule has 0 spiro atoms. The zero-order chi connectivity index (χ0) is 19.1. The van der Waals surface area contributed by atoms with Crippen LogP contribution in [0.3, 0.4) is 0 Å². The van der Waals surface area contributed by atoms with E-state index in [-0.39, 0.29) is 22.3 Å². The van der Waals surface area contributed by atoms with Crippen molar-refractivity contribution in [2.75, 3.05) is 15.3 Å². The molecule has 2 aromatic rings. The molecule has 0 amide bonds. The van der Waals surface area contributed by atoms with Crippen molar-refractivity contribution in [3.63, 3.8) is 0 Å². The summed E-state index contributed by atoms with van der Waals surface area (Å²) in [6.07, 6.45) is 2.40. The summed E-state index contributed by atoms with van der Waals surface area (Å²) in [4.78, 5) is 0.0186. The molecule has 0 aromatic heterocycles. The fraction of sp³-hybridized carbons (Fsp3) is 0.294. The number of sulfonamides is 2. The number of hydrogen-bond donors (Lipinski definition) is 1. The summed E-state index contributed by atoms with van der Waals surface area (Å²) in [6.45, 7) is 1.76. The molecule has 6 nitrogen and oxygen atoms in total. The second-order valence-electron chi connectivity index (χ2n) is 6.37. The predicted molar refractivity (Wildman–Crippen MR) is 98.7 cm³/mol. The fourth-order valence-electron chi connectivity index (χ4n) is 2.72. The summed E-state index contributed by atoms with van der Waals surface area (Å²) in [7, 11) is -7.64. The van der Waals surface area contributed by atoms with Crippen LogP contribution in [0.1, 0.15) is 18.4 Å². The topological polar surface area (TPSA) is 83.6 Å². The average molecular weight is 398 g/mol. The number of anilines is 2. The molecule has 140 valence electrons. The molecule has 1 fully saturated rings. The van der Waals surface area contributed by atoms with Crippen LogP contribution in [0, 0.1) is 12.7 Å². The molecule has 3 rings (SSSR count). The molecule has 2 aromatic carbocycles. The molecule has 0 atom stereocenters. The van der Waals surface area contributed by atoms with E-state index in [1.165, 1.54) is 18.2 Å². The molecule has 26 heavy (non-hydrogen) atoms. The summed E-state index contributed by atoms with van der Waals surface area (Å²) in [5.41, 5.74) is 0.763. The zero-order valence-electron chi connectivity index (χ0n) is 14.3. The van der Waals surface area contributed by atoms with Gasteiger partial charge in [0.05, 0.1) is 22.5 Å². The van der Waals surface area contributed by atoms with E-state index in [2.05, 4.69) is 4.72 Å². The summed E-state index contributed by atoms with van der Waals surface area (Å²) in [6, 6.07) is 9.40. The third-order valence-corrected chi connectivity index (χ3v) is 6.55. The summed E-state index contributed by atoms with van der Waals surface area (Å²) < 4.78 is 67.0. The molecule has 0 aliphatic heterocycles. The van der Waals surface area contributed by atoms with Crippen LogP contribution in [0.2, 0.25) is 0 Å². The van der Waals surface area contributed by atoms with Crippen molar-refractivity contribution in [3.05, 3.63) is 53.8 Å². The standard InChI is InChI=1S/C17H19FN2O4S2/c1-12-4-3-5-15(10-12)26(23,24)19-16-11-13(18)6-9-17(16)20(14-7-8-14)25(2,21)22/h3-6,9-11,14,19H,7-8H2,1-2H3. The van der Waals surface area contributed by atoms with Gasteiger partial charge in [0.15, 0.2) is 0 Å². The molecule has 1 N–H and O–H groups in total. The van der Waals surface area contributed by atoms with Crippen molar-refractivity contribution in [1.29, 1.82) is 0 Å². The van der Waals surface area contributed by atoms with Gasteiger partial charge in [0, 0.05) is 12.1 Å². The van der Waals surface area contributed by atoms with Crippen LogP contribution in [-0.4, -0.2) is 29.1 Å². The Morgan fingerprint density at radius 1 is 1.08 bits per heavy atom. The zero-order valence-corrected chi connectivity index (χ0v) is 15.9. The highest BCUT2D eigenvalue weighted by Gasteiger charge is 2.37. The highest BCUT2D eigenvalue weighted by Crippen LogP contribution is 2.38. The number of aryl methyl sites for hydroxylation is 1. The predicted octanol–water partition coefficient (Wildman–Crippen LogP) is 2.86. The van der Waals surface area contributed by atoms with Gasteiger partial charge in [0.1, 0.15) is 5.82 Å². The maximum atomic E-state index is 13.8. The first kappa shape index (κ1) is 18.7. The van der Waals surface area contributed by atoms with E-state index in [1.54, 1.807) is 19.1 Å². The maximum absolute atomic E-state index is 13.8. The van der Waals surface area contributed by atoms with Gasteiger partial charge in [-0.05, 0) is 49.6 Å². The Balaban J connectivity index is 2.06. The largest absolute Gasteiger partial charge is 0.277 e. The first-order valence-corrected chi connectivity index (χ1v) is 11.3. The van der Waals surface area contributed by atoms with Crippen LogP contribution in [0.5, 0.6) is 0 Å².